The summed E-state index contributed by atoms with van der Waals surface area (Å²) in [6.45, 7) is 4.00. The van der Waals surface area contributed by atoms with E-state index < -0.39 is 0 Å². The van der Waals surface area contributed by atoms with Crippen LogP contribution in [0.15, 0.2) is 60.4 Å². The maximum Gasteiger partial charge on any atom is 0.129 e. The van der Waals surface area contributed by atoms with Gasteiger partial charge in [-0.15, -0.1) is 0 Å². The Morgan fingerprint density at radius 1 is 1.32 bits per heavy atom. The highest BCUT2D eigenvalue weighted by atomic mass is 16.5. The summed E-state index contributed by atoms with van der Waals surface area (Å²) in [5, 5.41) is 9.27. The van der Waals surface area contributed by atoms with Gasteiger partial charge in [-0.3, -0.25) is 0 Å². The maximum absolute atomic E-state index is 11.1. The number of benzene rings is 1. The van der Waals surface area contributed by atoms with Crippen molar-refractivity contribution < 1.29 is 14.6 Å². The molecule has 2 rings (SSSR count). The third kappa shape index (κ3) is 3.03. The van der Waals surface area contributed by atoms with Crippen molar-refractivity contribution in [3.05, 3.63) is 66.0 Å². The van der Waals surface area contributed by atoms with Crippen LogP contribution < -0.4 is 0 Å². The zero-order valence-corrected chi connectivity index (χ0v) is 10.4. The summed E-state index contributed by atoms with van der Waals surface area (Å²) in [7, 11) is 0. The normalized spacial score (nSPS) is 14.2. The van der Waals surface area contributed by atoms with Crippen molar-refractivity contribution >= 4 is 11.5 Å². The molecule has 0 aliphatic heterocycles. The van der Waals surface area contributed by atoms with Gasteiger partial charge in [-0.25, -0.2) is 4.79 Å². The lowest BCUT2D eigenvalue weighted by Crippen LogP contribution is -2.02. The van der Waals surface area contributed by atoms with Gasteiger partial charge in [0, 0.05) is 6.42 Å². The molecule has 0 saturated heterocycles. The topological polar surface area (TPSA) is 46.5 Å². The summed E-state index contributed by atoms with van der Waals surface area (Å²) in [4.78, 5) is 11.1. The summed E-state index contributed by atoms with van der Waals surface area (Å²) in [6.07, 6.45) is 5.75. The van der Waals surface area contributed by atoms with E-state index in [1.807, 2.05) is 18.1 Å². The number of hydrogen-bond donors (Lipinski definition) is 1. The number of phenols is 1. The fraction of sp³-hybridized carbons (Fsp3) is 0.125. The van der Waals surface area contributed by atoms with Gasteiger partial charge in [-0.1, -0.05) is 30.9 Å². The van der Waals surface area contributed by atoms with E-state index in [1.54, 1.807) is 30.3 Å². The molecule has 1 aromatic carbocycles. The van der Waals surface area contributed by atoms with Gasteiger partial charge >= 0.3 is 0 Å². The van der Waals surface area contributed by atoms with Gasteiger partial charge in [0.15, 0.2) is 0 Å². The first-order valence-corrected chi connectivity index (χ1v) is 5.93. The Morgan fingerprint density at radius 3 is 2.68 bits per heavy atom. The minimum absolute atomic E-state index is 0.197. The van der Waals surface area contributed by atoms with Gasteiger partial charge in [0.2, 0.25) is 0 Å². The molecule has 0 atom stereocenters. The van der Waals surface area contributed by atoms with E-state index in [0.717, 1.165) is 16.9 Å². The van der Waals surface area contributed by atoms with Crippen LogP contribution in [0.2, 0.25) is 0 Å². The Balaban J connectivity index is 2.30. The van der Waals surface area contributed by atoms with Crippen molar-refractivity contribution in [3.8, 4) is 5.75 Å². The minimum atomic E-state index is 0.197. The molecule has 96 valence electrons. The van der Waals surface area contributed by atoms with Gasteiger partial charge < -0.3 is 9.84 Å². The van der Waals surface area contributed by atoms with E-state index in [2.05, 4.69) is 6.58 Å². The molecule has 0 bridgehead atoms. The highest BCUT2D eigenvalue weighted by Gasteiger charge is 2.16. The molecule has 3 heteroatoms. The standard InChI is InChI=1S/C16H14O3/c1-2-9-19-15-7-8-16(13(10-15)11-17)12-3-5-14(18)6-4-12/h2-8,18H,1,9-10H2. The van der Waals surface area contributed by atoms with Crippen LogP contribution in [0.25, 0.3) is 5.57 Å². The second-order valence-electron chi connectivity index (χ2n) is 4.12. The lowest BCUT2D eigenvalue weighted by atomic mass is 9.92. The van der Waals surface area contributed by atoms with Crippen LogP contribution in [0.4, 0.5) is 0 Å². The number of allylic oxidation sites excluding steroid dienone is 4. The molecule has 0 fully saturated rings. The second kappa shape index (κ2) is 5.89. The molecular formula is C16H14O3. The van der Waals surface area contributed by atoms with Crippen LogP contribution in [-0.4, -0.2) is 17.7 Å². The number of rotatable bonds is 4. The van der Waals surface area contributed by atoms with E-state index in [-0.39, 0.29) is 5.75 Å². The molecule has 1 N–H and O–H groups in total. The van der Waals surface area contributed by atoms with Crippen LogP contribution in [-0.2, 0) is 9.53 Å². The Labute approximate surface area is 111 Å². The molecule has 0 radical (unpaired) electrons. The number of aromatic hydroxyl groups is 1. The summed E-state index contributed by atoms with van der Waals surface area (Å²) < 4.78 is 5.43. The maximum atomic E-state index is 11.1. The second-order valence-corrected chi connectivity index (χ2v) is 4.12. The highest BCUT2D eigenvalue weighted by molar-refractivity contribution is 5.89. The fourth-order valence-corrected chi connectivity index (χ4v) is 1.87. The van der Waals surface area contributed by atoms with Crippen molar-refractivity contribution in [2.75, 3.05) is 6.61 Å². The third-order valence-corrected chi connectivity index (χ3v) is 2.80. The molecule has 3 nitrogen and oxygen atoms in total. The van der Waals surface area contributed by atoms with E-state index >= 15 is 0 Å². The van der Waals surface area contributed by atoms with Crippen molar-refractivity contribution in [3.63, 3.8) is 0 Å². The number of hydrogen-bond acceptors (Lipinski definition) is 3. The Hall–Kier alpha value is -2.51. The smallest absolute Gasteiger partial charge is 0.129 e. The number of ether oxygens (including phenoxy) is 1. The van der Waals surface area contributed by atoms with Gasteiger partial charge in [-0.2, -0.15) is 0 Å². The molecule has 19 heavy (non-hydrogen) atoms. The predicted octanol–water partition coefficient (Wildman–Crippen LogP) is 3.02. The largest absolute Gasteiger partial charge is 0.508 e. The monoisotopic (exact) mass is 254 g/mol. The average Bonchev–Trinajstić information content (AvgIpc) is 2.46. The molecule has 1 aliphatic rings. The van der Waals surface area contributed by atoms with Gasteiger partial charge in [-0.05, 0) is 29.3 Å². The zero-order chi connectivity index (χ0) is 13.7. The summed E-state index contributed by atoms with van der Waals surface area (Å²) in [5.74, 6) is 2.88. The van der Waals surface area contributed by atoms with E-state index in [0.29, 0.717) is 18.6 Å². The van der Waals surface area contributed by atoms with Crippen molar-refractivity contribution in [1.82, 2.24) is 0 Å². The quantitative estimate of drug-likeness (QED) is 0.663. The SMILES string of the molecule is C=CCOC1=CC=C(c2ccc(O)cc2)C(=C=O)C1. The number of phenolic OH excluding ortho intramolecular Hbond substituents is 1. The first-order chi connectivity index (χ1) is 9.24. The molecule has 0 amide bonds. The predicted molar refractivity (Wildman–Crippen MR) is 74.1 cm³/mol. The van der Waals surface area contributed by atoms with Crippen LogP contribution in [0.5, 0.6) is 5.75 Å². The highest BCUT2D eigenvalue weighted by Crippen LogP contribution is 2.31. The Morgan fingerprint density at radius 2 is 2.05 bits per heavy atom. The fourth-order valence-electron chi connectivity index (χ4n) is 1.87. The molecule has 0 aromatic heterocycles. The van der Waals surface area contributed by atoms with Crippen LogP contribution in [0.1, 0.15) is 12.0 Å². The van der Waals surface area contributed by atoms with E-state index in [9.17, 15) is 9.90 Å². The van der Waals surface area contributed by atoms with Crippen LogP contribution in [0, 0.1) is 0 Å². The Bertz CT molecular complexity index is 585. The molecule has 0 heterocycles. The molecule has 1 aromatic rings. The lowest BCUT2D eigenvalue weighted by Gasteiger charge is -2.16. The van der Waals surface area contributed by atoms with Crippen LogP contribution in [0.3, 0.4) is 0 Å². The third-order valence-electron chi connectivity index (χ3n) is 2.80. The summed E-state index contributed by atoms with van der Waals surface area (Å²) in [6, 6.07) is 6.71. The van der Waals surface area contributed by atoms with Crippen molar-refractivity contribution in [1.29, 1.82) is 0 Å². The Kier molecular flexibility index (Phi) is 4.01. The zero-order valence-electron chi connectivity index (χ0n) is 10.4. The summed E-state index contributed by atoms with van der Waals surface area (Å²) in [5.41, 5.74) is 2.23. The molecular weight excluding hydrogens is 240 g/mol. The van der Waals surface area contributed by atoms with Gasteiger partial charge in [0.05, 0.1) is 5.57 Å². The van der Waals surface area contributed by atoms with E-state index in [1.165, 1.54) is 0 Å². The van der Waals surface area contributed by atoms with Crippen LogP contribution >= 0.6 is 0 Å². The number of carbonyl (C=O) groups excluding carboxylic acids is 1. The molecule has 0 spiro atoms. The first kappa shape index (κ1) is 12.9. The molecule has 0 saturated carbocycles. The first-order valence-electron chi connectivity index (χ1n) is 5.93. The van der Waals surface area contributed by atoms with Crippen molar-refractivity contribution in [2.45, 2.75) is 6.42 Å². The minimum Gasteiger partial charge on any atom is -0.508 e. The molecule has 0 unspecified atom stereocenters. The molecule has 1 aliphatic carbocycles. The van der Waals surface area contributed by atoms with Crippen molar-refractivity contribution in [2.24, 2.45) is 0 Å². The lowest BCUT2D eigenvalue weighted by molar-refractivity contribution is 0.241. The summed E-state index contributed by atoms with van der Waals surface area (Å²) >= 11 is 0. The van der Waals surface area contributed by atoms with E-state index in [4.69, 9.17) is 4.74 Å². The average molecular weight is 254 g/mol. The van der Waals surface area contributed by atoms with Gasteiger partial charge in [0.1, 0.15) is 24.1 Å². The van der Waals surface area contributed by atoms with Gasteiger partial charge in [0.25, 0.3) is 0 Å².